The summed E-state index contributed by atoms with van der Waals surface area (Å²) in [6.07, 6.45) is 5.97. The Balaban J connectivity index is 1.85. The van der Waals surface area contributed by atoms with Gasteiger partial charge in [-0.05, 0) is 45.2 Å². The molecule has 1 aliphatic carbocycles. The lowest BCUT2D eigenvalue weighted by Gasteiger charge is -2.42. The summed E-state index contributed by atoms with van der Waals surface area (Å²) in [4.78, 5) is 14.2. The summed E-state index contributed by atoms with van der Waals surface area (Å²) >= 11 is 0. The summed E-state index contributed by atoms with van der Waals surface area (Å²) in [6, 6.07) is 0.415. The van der Waals surface area contributed by atoms with Gasteiger partial charge in [-0.3, -0.25) is 4.79 Å². The normalized spacial score (nSPS) is 24.1. The molecule has 17 heavy (non-hydrogen) atoms. The number of carbonyl (C=O) groups excluding carboxylic acids is 1. The number of rotatable bonds is 4. The summed E-state index contributed by atoms with van der Waals surface area (Å²) < 4.78 is 5.52. The third-order valence-electron chi connectivity index (χ3n) is 4.42. The molecule has 0 bridgehead atoms. The summed E-state index contributed by atoms with van der Waals surface area (Å²) in [5.41, 5.74) is -0.141. The molecule has 0 aromatic rings. The maximum Gasteiger partial charge on any atom is 0.225 e. The van der Waals surface area contributed by atoms with E-state index in [4.69, 9.17) is 4.74 Å². The standard InChI is InChI=1S/C13H24N2O2/c1-15(11-4-8-14-9-5-11)12(16)10-13(17-2)6-3-7-13/h11,14H,3-10H2,1-2H3. The van der Waals surface area contributed by atoms with Crippen LogP contribution in [0.2, 0.25) is 0 Å². The monoisotopic (exact) mass is 240 g/mol. The first-order chi connectivity index (χ1) is 8.17. The van der Waals surface area contributed by atoms with Crippen molar-refractivity contribution in [3.05, 3.63) is 0 Å². The van der Waals surface area contributed by atoms with Crippen LogP contribution in [0.3, 0.4) is 0 Å². The number of methoxy groups -OCH3 is 1. The molecule has 1 heterocycles. The Hall–Kier alpha value is -0.610. The molecular formula is C13H24N2O2. The average molecular weight is 240 g/mol. The molecule has 0 radical (unpaired) electrons. The summed E-state index contributed by atoms with van der Waals surface area (Å²) in [5, 5.41) is 3.33. The highest BCUT2D eigenvalue weighted by molar-refractivity contribution is 5.77. The van der Waals surface area contributed by atoms with Crippen molar-refractivity contribution in [3.63, 3.8) is 0 Å². The van der Waals surface area contributed by atoms with Crippen molar-refractivity contribution in [2.45, 2.75) is 50.2 Å². The number of piperidine rings is 1. The zero-order valence-corrected chi connectivity index (χ0v) is 11.0. The molecule has 2 aliphatic rings. The Bertz CT molecular complexity index is 265. The first-order valence-electron chi connectivity index (χ1n) is 6.68. The molecule has 1 saturated carbocycles. The Morgan fingerprint density at radius 1 is 1.41 bits per heavy atom. The molecule has 4 heteroatoms. The lowest BCUT2D eigenvalue weighted by Crippen LogP contribution is -2.48. The molecule has 0 aromatic carbocycles. The van der Waals surface area contributed by atoms with Crippen molar-refractivity contribution in [1.29, 1.82) is 0 Å². The van der Waals surface area contributed by atoms with Crippen molar-refractivity contribution in [2.75, 3.05) is 27.2 Å². The van der Waals surface area contributed by atoms with Gasteiger partial charge in [0.2, 0.25) is 5.91 Å². The van der Waals surface area contributed by atoms with Gasteiger partial charge in [-0.1, -0.05) is 0 Å². The van der Waals surface area contributed by atoms with E-state index in [1.165, 1.54) is 6.42 Å². The van der Waals surface area contributed by atoms with Crippen molar-refractivity contribution >= 4 is 5.91 Å². The molecule has 1 saturated heterocycles. The molecule has 1 N–H and O–H groups in total. The quantitative estimate of drug-likeness (QED) is 0.801. The second-order valence-corrected chi connectivity index (χ2v) is 5.40. The van der Waals surface area contributed by atoms with E-state index in [0.717, 1.165) is 38.8 Å². The van der Waals surface area contributed by atoms with Gasteiger partial charge in [-0.25, -0.2) is 0 Å². The van der Waals surface area contributed by atoms with Gasteiger partial charge < -0.3 is 15.0 Å². The van der Waals surface area contributed by atoms with Crippen LogP contribution in [0.5, 0.6) is 0 Å². The molecule has 0 aromatic heterocycles. The van der Waals surface area contributed by atoms with Gasteiger partial charge in [-0.2, -0.15) is 0 Å². The van der Waals surface area contributed by atoms with Crippen molar-refractivity contribution < 1.29 is 9.53 Å². The van der Waals surface area contributed by atoms with Gasteiger partial charge in [0.15, 0.2) is 0 Å². The predicted octanol–water partition coefficient (Wildman–Crippen LogP) is 1.16. The van der Waals surface area contributed by atoms with Gasteiger partial charge in [0.25, 0.3) is 0 Å². The second-order valence-electron chi connectivity index (χ2n) is 5.40. The van der Waals surface area contributed by atoms with Crippen LogP contribution in [0.15, 0.2) is 0 Å². The van der Waals surface area contributed by atoms with Gasteiger partial charge in [0.05, 0.1) is 12.0 Å². The molecule has 1 aliphatic heterocycles. The maximum absolute atomic E-state index is 12.2. The lowest BCUT2D eigenvalue weighted by molar-refractivity contribution is -0.145. The molecule has 0 atom stereocenters. The minimum Gasteiger partial charge on any atom is -0.378 e. The highest BCUT2D eigenvalue weighted by atomic mass is 16.5. The maximum atomic E-state index is 12.2. The first kappa shape index (κ1) is 12.8. The fourth-order valence-corrected chi connectivity index (χ4v) is 2.82. The van der Waals surface area contributed by atoms with Crippen LogP contribution >= 0.6 is 0 Å². The van der Waals surface area contributed by atoms with Gasteiger partial charge in [0, 0.05) is 20.2 Å². The molecule has 0 unspecified atom stereocenters. The molecule has 0 spiro atoms. The average Bonchev–Trinajstić information content (AvgIpc) is 2.33. The van der Waals surface area contributed by atoms with E-state index in [2.05, 4.69) is 5.32 Å². The van der Waals surface area contributed by atoms with E-state index >= 15 is 0 Å². The number of nitrogens with one attached hydrogen (secondary N) is 1. The third kappa shape index (κ3) is 2.80. The first-order valence-corrected chi connectivity index (χ1v) is 6.68. The van der Waals surface area contributed by atoms with Crippen LogP contribution < -0.4 is 5.32 Å². The van der Waals surface area contributed by atoms with E-state index in [1.807, 2.05) is 11.9 Å². The third-order valence-corrected chi connectivity index (χ3v) is 4.42. The number of nitrogens with zero attached hydrogens (tertiary/aromatic N) is 1. The highest BCUT2D eigenvalue weighted by Crippen LogP contribution is 2.38. The zero-order valence-electron chi connectivity index (χ0n) is 11.0. The van der Waals surface area contributed by atoms with Gasteiger partial charge in [0.1, 0.15) is 0 Å². The number of hydrogen-bond acceptors (Lipinski definition) is 3. The summed E-state index contributed by atoms with van der Waals surface area (Å²) in [5.74, 6) is 0.249. The number of ether oxygens (including phenoxy) is 1. The Morgan fingerprint density at radius 2 is 2.06 bits per heavy atom. The minimum atomic E-state index is -0.141. The number of carbonyl (C=O) groups is 1. The lowest BCUT2D eigenvalue weighted by atomic mass is 9.77. The second kappa shape index (κ2) is 5.36. The van der Waals surface area contributed by atoms with E-state index in [-0.39, 0.29) is 11.5 Å². The summed E-state index contributed by atoms with van der Waals surface area (Å²) in [6.45, 7) is 2.05. The van der Waals surface area contributed by atoms with Crippen molar-refractivity contribution in [3.8, 4) is 0 Å². The van der Waals surface area contributed by atoms with Crippen LogP contribution in [0.25, 0.3) is 0 Å². The van der Waals surface area contributed by atoms with Crippen molar-refractivity contribution in [1.82, 2.24) is 10.2 Å². The van der Waals surface area contributed by atoms with Crippen LogP contribution in [-0.2, 0) is 9.53 Å². The van der Waals surface area contributed by atoms with E-state index in [9.17, 15) is 4.79 Å². The SMILES string of the molecule is COC1(CC(=O)N(C)C2CCNCC2)CCC1. The Labute approximate surface area is 104 Å². The Kier molecular flexibility index (Phi) is 4.05. The minimum absolute atomic E-state index is 0.141. The topological polar surface area (TPSA) is 41.6 Å². The fourth-order valence-electron chi connectivity index (χ4n) is 2.82. The highest BCUT2D eigenvalue weighted by Gasteiger charge is 2.40. The molecule has 98 valence electrons. The van der Waals surface area contributed by atoms with E-state index < -0.39 is 0 Å². The molecular weight excluding hydrogens is 216 g/mol. The number of amides is 1. The molecule has 2 fully saturated rings. The van der Waals surface area contributed by atoms with Crippen molar-refractivity contribution in [2.24, 2.45) is 0 Å². The van der Waals surface area contributed by atoms with Crippen LogP contribution in [-0.4, -0.2) is 49.7 Å². The zero-order chi connectivity index (χ0) is 12.3. The number of hydrogen-bond donors (Lipinski definition) is 1. The smallest absolute Gasteiger partial charge is 0.225 e. The van der Waals surface area contributed by atoms with E-state index in [1.54, 1.807) is 7.11 Å². The summed E-state index contributed by atoms with van der Waals surface area (Å²) in [7, 11) is 3.68. The molecule has 4 nitrogen and oxygen atoms in total. The fraction of sp³-hybridized carbons (Fsp3) is 0.923. The van der Waals surface area contributed by atoms with Crippen LogP contribution in [0, 0.1) is 0 Å². The molecule has 1 amide bonds. The van der Waals surface area contributed by atoms with E-state index in [0.29, 0.717) is 12.5 Å². The van der Waals surface area contributed by atoms with Crippen LogP contribution in [0.1, 0.15) is 38.5 Å². The Morgan fingerprint density at radius 3 is 2.53 bits per heavy atom. The predicted molar refractivity (Wildman–Crippen MR) is 66.9 cm³/mol. The van der Waals surface area contributed by atoms with Gasteiger partial charge >= 0.3 is 0 Å². The largest absolute Gasteiger partial charge is 0.378 e. The van der Waals surface area contributed by atoms with Gasteiger partial charge in [-0.15, -0.1) is 0 Å². The molecule has 2 rings (SSSR count). The van der Waals surface area contributed by atoms with Crippen LogP contribution in [0.4, 0.5) is 0 Å².